The molecule has 0 N–H and O–H groups in total. The molecule has 0 saturated heterocycles. The average molecular weight is 308 g/mol. The minimum absolute atomic E-state index is 0.331. The Morgan fingerprint density at radius 3 is 2.21 bits per heavy atom. The molecule has 0 amide bonds. The third-order valence-corrected chi connectivity index (χ3v) is 2.75. The number of hydrogen-bond acceptors (Lipinski definition) is 1. The highest BCUT2D eigenvalue weighted by Gasteiger charge is 1.93. The van der Waals surface area contributed by atoms with Gasteiger partial charge in [-0.05, 0) is 30.3 Å². The van der Waals surface area contributed by atoms with Crippen molar-refractivity contribution >= 4 is 28.4 Å². The summed E-state index contributed by atoms with van der Waals surface area (Å²) in [5.74, 6) is 0.331. The maximum absolute atomic E-state index is 10.6. The van der Waals surface area contributed by atoms with Crippen LogP contribution in [0.4, 0.5) is 0 Å². The predicted molar refractivity (Wildman–Crippen MR) is 70.8 cm³/mol. The van der Waals surface area contributed by atoms with E-state index in [0.717, 1.165) is 12.8 Å². The van der Waals surface area contributed by atoms with Gasteiger partial charge in [0.25, 0.3) is 0 Å². The Bertz CT molecular complexity index is 164. The number of hydrogen-bond donors (Lipinski definition) is 0. The third kappa shape index (κ3) is 12.1. The molecule has 0 aromatic heterocycles. The van der Waals surface area contributed by atoms with Crippen LogP contribution in [0.2, 0.25) is 0 Å². The number of halogens is 1. The third-order valence-electron chi connectivity index (χ3n) is 2.24. The number of carbonyl (C=O) groups excluding carboxylic acids is 1. The first-order valence-electron chi connectivity index (χ1n) is 5.52. The second kappa shape index (κ2) is 11.2. The lowest BCUT2D eigenvalue weighted by Gasteiger charge is -1.99. The highest BCUT2D eigenvalue weighted by Crippen LogP contribution is 2.09. The molecule has 1 nitrogen and oxygen atoms in total. The van der Waals surface area contributed by atoms with E-state index in [0.29, 0.717) is 5.78 Å². The summed E-state index contributed by atoms with van der Waals surface area (Å²) in [6.07, 6.45) is 11.8. The molecule has 0 aliphatic carbocycles. The standard InChI is InChI=1S/C12H21IO/c1-12(14)10-8-6-4-2-3-5-7-9-11-13/h9,11H,2-8,10H2,1H3/b11-9+. The molecule has 0 aliphatic rings. The summed E-state index contributed by atoms with van der Waals surface area (Å²) in [5, 5.41) is 0. The monoisotopic (exact) mass is 308 g/mol. The molecule has 0 spiro atoms. The zero-order valence-electron chi connectivity index (χ0n) is 9.10. The minimum Gasteiger partial charge on any atom is -0.300 e. The molecule has 0 radical (unpaired) electrons. The molecule has 0 saturated carbocycles. The minimum atomic E-state index is 0.331. The Kier molecular flexibility index (Phi) is 11.3. The van der Waals surface area contributed by atoms with Gasteiger partial charge in [0.2, 0.25) is 0 Å². The van der Waals surface area contributed by atoms with Crippen LogP contribution in [0.15, 0.2) is 10.2 Å². The first kappa shape index (κ1) is 14.1. The van der Waals surface area contributed by atoms with Crippen molar-refractivity contribution in [3.05, 3.63) is 10.2 Å². The fourth-order valence-electron chi connectivity index (χ4n) is 1.41. The second-order valence-corrected chi connectivity index (χ2v) is 4.44. The molecule has 82 valence electrons. The maximum Gasteiger partial charge on any atom is 0.129 e. The molecular formula is C12H21IO. The van der Waals surface area contributed by atoms with Gasteiger partial charge in [0.1, 0.15) is 5.78 Å². The van der Waals surface area contributed by atoms with E-state index >= 15 is 0 Å². The Labute approximate surface area is 101 Å². The van der Waals surface area contributed by atoms with Crippen molar-refractivity contribution in [2.24, 2.45) is 0 Å². The van der Waals surface area contributed by atoms with E-state index in [4.69, 9.17) is 0 Å². The van der Waals surface area contributed by atoms with Gasteiger partial charge in [0.05, 0.1) is 0 Å². The van der Waals surface area contributed by atoms with Crippen molar-refractivity contribution in [3.63, 3.8) is 0 Å². The van der Waals surface area contributed by atoms with E-state index < -0.39 is 0 Å². The summed E-state index contributed by atoms with van der Waals surface area (Å²) < 4.78 is 2.09. The van der Waals surface area contributed by atoms with Crippen LogP contribution < -0.4 is 0 Å². The molecule has 2 heteroatoms. The summed E-state index contributed by atoms with van der Waals surface area (Å²) in [7, 11) is 0. The lowest BCUT2D eigenvalue weighted by atomic mass is 10.1. The van der Waals surface area contributed by atoms with Crippen molar-refractivity contribution in [2.45, 2.75) is 58.3 Å². The molecule has 0 bridgehead atoms. The Balaban J connectivity index is 2.95. The van der Waals surface area contributed by atoms with Gasteiger partial charge in [-0.15, -0.1) is 0 Å². The fourth-order valence-corrected chi connectivity index (χ4v) is 1.77. The van der Waals surface area contributed by atoms with Gasteiger partial charge >= 0.3 is 0 Å². The smallest absolute Gasteiger partial charge is 0.129 e. The van der Waals surface area contributed by atoms with Crippen LogP contribution in [0.25, 0.3) is 0 Å². The highest BCUT2D eigenvalue weighted by atomic mass is 127. The van der Waals surface area contributed by atoms with Gasteiger partial charge in [-0.1, -0.05) is 54.4 Å². The van der Waals surface area contributed by atoms with Gasteiger partial charge in [0, 0.05) is 6.42 Å². The molecule has 0 aromatic rings. The molecule has 0 aliphatic heterocycles. The number of allylic oxidation sites excluding steroid dienone is 1. The van der Waals surface area contributed by atoms with Gasteiger partial charge in [-0.25, -0.2) is 0 Å². The lowest BCUT2D eigenvalue weighted by molar-refractivity contribution is -0.117. The quantitative estimate of drug-likeness (QED) is 0.448. The predicted octanol–water partition coefficient (Wildman–Crippen LogP) is 4.64. The van der Waals surface area contributed by atoms with Gasteiger partial charge in [-0.3, -0.25) is 0 Å². The van der Waals surface area contributed by atoms with E-state index in [1.165, 1.54) is 38.5 Å². The number of Topliss-reactive ketones (excluding diaryl/α,β-unsaturated/α-hetero) is 1. The Morgan fingerprint density at radius 2 is 1.64 bits per heavy atom. The van der Waals surface area contributed by atoms with Crippen molar-refractivity contribution in [1.29, 1.82) is 0 Å². The lowest BCUT2D eigenvalue weighted by Crippen LogP contribution is -1.89. The summed E-state index contributed by atoms with van der Waals surface area (Å²) in [6.45, 7) is 1.68. The summed E-state index contributed by atoms with van der Waals surface area (Å²) >= 11 is 2.26. The first-order valence-corrected chi connectivity index (χ1v) is 6.76. The SMILES string of the molecule is CC(=O)CCCCCCCC/C=C/I. The Morgan fingerprint density at radius 1 is 1.07 bits per heavy atom. The topological polar surface area (TPSA) is 17.1 Å². The molecule has 0 aromatic carbocycles. The van der Waals surface area contributed by atoms with Crippen LogP contribution in [0.5, 0.6) is 0 Å². The van der Waals surface area contributed by atoms with E-state index in [-0.39, 0.29) is 0 Å². The molecular weight excluding hydrogens is 287 g/mol. The number of rotatable bonds is 9. The van der Waals surface area contributed by atoms with Crippen molar-refractivity contribution < 1.29 is 4.79 Å². The first-order chi connectivity index (χ1) is 6.77. The highest BCUT2D eigenvalue weighted by molar-refractivity contribution is 14.1. The number of ketones is 1. The maximum atomic E-state index is 10.6. The normalized spacial score (nSPS) is 11.0. The van der Waals surface area contributed by atoms with Crippen molar-refractivity contribution in [2.75, 3.05) is 0 Å². The second-order valence-electron chi connectivity index (χ2n) is 3.72. The van der Waals surface area contributed by atoms with Crippen LogP contribution >= 0.6 is 22.6 Å². The number of unbranched alkanes of at least 4 members (excludes halogenated alkanes) is 6. The zero-order valence-corrected chi connectivity index (χ0v) is 11.3. The molecule has 0 fully saturated rings. The molecule has 0 unspecified atom stereocenters. The molecule has 0 atom stereocenters. The van der Waals surface area contributed by atoms with Crippen LogP contribution in [-0.4, -0.2) is 5.78 Å². The molecule has 14 heavy (non-hydrogen) atoms. The molecule has 0 heterocycles. The average Bonchev–Trinajstić information content (AvgIpc) is 2.15. The van der Waals surface area contributed by atoms with Crippen molar-refractivity contribution in [1.82, 2.24) is 0 Å². The van der Waals surface area contributed by atoms with Crippen LogP contribution in [0.3, 0.4) is 0 Å². The molecule has 0 rings (SSSR count). The zero-order chi connectivity index (χ0) is 10.6. The van der Waals surface area contributed by atoms with E-state index in [2.05, 4.69) is 32.7 Å². The van der Waals surface area contributed by atoms with Crippen LogP contribution in [0.1, 0.15) is 58.3 Å². The van der Waals surface area contributed by atoms with E-state index in [1.54, 1.807) is 6.92 Å². The van der Waals surface area contributed by atoms with Crippen LogP contribution in [-0.2, 0) is 4.79 Å². The summed E-state index contributed by atoms with van der Waals surface area (Å²) in [5.41, 5.74) is 0. The van der Waals surface area contributed by atoms with E-state index in [9.17, 15) is 4.79 Å². The van der Waals surface area contributed by atoms with Gasteiger partial charge in [0.15, 0.2) is 0 Å². The largest absolute Gasteiger partial charge is 0.300 e. The van der Waals surface area contributed by atoms with Gasteiger partial charge < -0.3 is 4.79 Å². The fraction of sp³-hybridized carbons (Fsp3) is 0.750. The summed E-state index contributed by atoms with van der Waals surface area (Å²) in [6, 6.07) is 0. The van der Waals surface area contributed by atoms with Crippen molar-refractivity contribution in [3.8, 4) is 0 Å². The Hall–Kier alpha value is 0.140. The van der Waals surface area contributed by atoms with Crippen LogP contribution in [0, 0.1) is 0 Å². The van der Waals surface area contributed by atoms with Gasteiger partial charge in [-0.2, -0.15) is 0 Å². The summed E-state index contributed by atoms with van der Waals surface area (Å²) in [4.78, 5) is 10.6. The number of carbonyl (C=O) groups is 1. The van der Waals surface area contributed by atoms with E-state index in [1.807, 2.05) is 0 Å².